The van der Waals surface area contributed by atoms with Gasteiger partial charge in [-0.3, -0.25) is 19.3 Å². The van der Waals surface area contributed by atoms with E-state index in [1.54, 1.807) is 14.1 Å². The Morgan fingerprint density at radius 2 is 0.830 bits per heavy atom. The number of nitrogens with zero attached hydrogens (tertiary/aromatic N) is 2. The number of carbonyl (C=O) groups excluding carboxylic acids is 2. The van der Waals surface area contributed by atoms with Crippen molar-refractivity contribution in [1.82, 2.24) is 10.1 Å². The quantitative estimate of drug-likeness (QED) is 0.0408. The van der Waals surface area contributed by atoms with E-state index in [1.807, 2.05) is 0 Å². The molecule has 2 amide bonds. The van der Waals surface area contributed by atoms with Gasteiger partial charge in [-0.25, -0.2) is 10.1 Å². The van der Waals surface area contributed by atoms with Crippen LogP contribution >= 0.6 is 0 Å². The van der Waals surface area contributed by atoms with Gasteiger partial charge in [0, 0.05) is 26.9 Å². The second-order valence-electron chi connectivity index (χ2n) is 14.1. The molecule has 0 radical (unpaired) electrons. The zero-order valence-electron chi connectivity index (χ0n) is 32.3. The summed E-state index contributed by atoms with van der Waals surface area (Å²) >= 11 is 0. The number of allylic oxidation sites excluding steroid dienone is 2. The van der Waals surface area contributed by atoms with Crippen molar-refractivity contribution in [2.75, 3.05) is 28.3 Å². The molecule has 0 N–H and O–H groups in total. The smallest absolute Gasteiger partial charge is 0.245 e. The van der Waals surface area contributed by atoms with Gasteiger partial charge in [-0.2, -0.15) is 0 Å². The largest absolute Gasteiger partial charge is 0.275 e. The highest BCUT2D eigenvalue weighted by atomic mass is 16.7. The number of hydrogen-bond acceptors (Lipinski definition) is 4. The van der Waals surface area contributed by atoms with Crippen molar-refractivity contribution in [2.45, 2.75) is 200 Å². The first-order valence-electron chi connectivity index (χ1n) is 20.2. The molecule has 1 saturated carbocycles. The summed E-state index contributed by atoms with van der Waals surface area (Å²) in [5, 5.41) is 2.64. The van der Waals surface area contributed by atoms with E-state index in [-0.39, 0.29) is 11.8 Å². The normalized spacial score (nSPS) is 15.4. The Kier molecular flexibility index (Phi) is 33.4. The molecule has 0 bridgehead atoms. The molecule has 6 nitrogen and oxygen atoms in total. The molecule has 0 aromatic rings. The number of hydrogen-bond donors (Lipinski definition) is 0. The molecule has 1 aliphatic carbocycles. The Morgan fingerprint density at radius 1 is 0.511 bits per heavy atom. The van der Waals surface area contributed by atoms with Crippen molar-refractivity contribution >= 4 is 11.8 Å². The standard InChI is InChI=1S/C21H41NO2.C20H39NO2/c1-4-5-6-7-9-12-15-19-18-20(19)16-13-10-8-11-14-17-21(23)22(2)24-3;1-4-5-6-7-8-9-10-11-12-13-14-15-16-17-18-19-20(22)21(2)23-3/h19-20H,4-18H2,1-3H3;11-12H,4-10,13-19H2,1-3H3/b;12-11-. The number of rotatable bonds is 32. The van der Waals surface area contributed by atoms with Crippen LogP contribution in [0.3, 0.4) is 0 Å². The summed E-state index contributed by atoms with van der Waals surface area (Å²) in [7, 11) is 6.41. The van der Waals surface area contributed by atoms with Crippen LogP contribution in [-0.4, -0.2) is 50.3 Å². The van der Waals surface area contributed by atoms with Crippen molar-refractivity contribution in [2.24, 2.45) is 11.8 Å². The maximum absolute atomic E-state index is 11.6. The predicted octanol–water partition coefficient (Wildman–Crippen LogP) is 12.2. The second-order valence-corrected chi connectivity index (χ2v) is 14.1. The molecule has 6 heteroatoms. The van der Waals surface area contributed by atoms with E-state index in [4.69, 9.17) is 9.68 Å². The number of unbranched alkanes of at least 4 members (excludes halogenated alkanes) is 20. The SMILES string of the molecule is CCCCCCCC/C=C\CCCCCCCC(=O)N(C)OC.CCCCCCCCC1CC1CCCCCCCC(=O)N(C)OC. The minimum absolute atomic E-state index is 0.0742. The van der Waals surface area contributed by atoms with Gasteiger partial charge < -0.3 is 0 Å². The summed E-state index contributed by atoms with van der Waals surface area (Å²) in [6.45, 7) is 4.55. The van der Waals surface area contributed by atoms with Gasteiger partial charge in [0.15, 0.2) is 0 Å². The molecule has 2 atom stereocenters. The number of amides is 2. The van der Waals surface area contributed by atoms with E-state index in [2.05, 4.69) is 26.0 Å². The highest BCUT2D eigenvalue weighted by molar-refractivity contribution is 5.75. The van der Waals surface area contributed by atoms with E-state index in [0.29, 0.717) is 12.8 Å². The van der Waals surface area contributed by atoms with Crippen LogP contribution in [0.15, 0.2) is 12.2 Å². The third kappa shape index (κ3) is 30.4. The summed E-state index contributed by atoms with van der Waals surface area (Å²) in [6, 6.07) is 0. The molecule has 0 saturated heterocycles. The molecule has 47 heavy (non-hydrogen) atoms. The monoisotopic (exact) mass is 665 g/mol. The molecule has 0 aliphatic heterocycles. The van der Waals surface area contributed by atoms with E-state index < -0.39 is 0 Å². The Bertz CT molecular complexity index is 728. The van der Waals surface area contributed by atoms with Crippen molar-refractivity contribution in [3.05, 3.63) is 12.2 Å². The highest BCUT2D eigenvalue weighted by Crippen LogP contribution is 2.45. The highest BCUT2D eigenvalue weighted by Gasteiger charge is 2.35. The minimum Gasteiger partial charge on any atom is -0.275 e. The van der Waals surface area contributed by atoms with Crippen molar-refractivity contribution in [3.63, 3.8) is 0 Å². The third-order valence-electron chi connectivity index (χ3n) is 9.87. The summed E-state index contributed by atoms with van der Waals surface area (Å²) in [5.41, 5.74) is 0. The zero-order chi connectivity index (χ0) is 34.8. The fourth-order valence-electron chi connectivity index (χ4n) is 6.28. The molecule has 0 heterocycles. The second kappa shape index (κ2) is 34.5. The molecule has 0 spiro atoms. The summed E-state index contributed by atoms with van der Waals surface area (Å²) in [5.74, 6) is 2.29. The Morgan fingerprint density at radius 3 is 1.19 bits per heavy atom. The Hall–Kier alpha value is -1.40. The molecule has 278 valence electrons. The maximum Gasteiger partial charge on any atom is 0.245 e. The van der Waals surface area contributed by atoms with Crippen LogP contribution in [0.2, 0.25) is 0 Å². The number of carbonyl (C=O) groups is 2. The molecular formula is C41H80N2O4. The van der Waals surface area contributed by atoms with Gasteiger partial charge in [0.2, 0.25) is 11.8 Å². The molecule has 2 unspecified atom stereocenters. The molecule has 1 aliphatic rings. The van der Waals surface area contributed by atoms with Gasteiger partial charge in [-0.05, 0) is 56.8 Å². The fraction of sp³-hybridized carbons (Fsp3) is 0.902. The van der Waals surface area contributed by atoms with Crippen LogP contribution in [0.25, 0.3) is 0 Å². The summed E-state index contributed by atoms with van der Waals surface area (Å²) < 4.78 is 0. The van der Waals surface area contributed by atoms with E-state index in [1.165, 1.54) is 178 Å². The summed E-state index contributed by atoms with van der Waals surface area (Å²) in [4.78, 5) is 32.8. The average molecular weight is 665 g/mol. The van der Waals surface area contributed by atoms with Crippen LogP contribution < -0.4 is 0 Å². The van der Waals surface area contributed by atoms with Gasteiger partial charge in [-0.1, -0.05) is 154 Å². The van der Waals surface area contributed by atoms with Gasteiger partial charge in [0.05, 0.1) is 14.2 Å². The molecule has 0 aromatic carbocycles. The Labute approximate surface area is 293 Å². The summed E-state index contributed by atoms with van der Waals surface area (Å²) in [6.07, 6.45) is 41.8. The lowest BCUT2D eigenvalue weighted by Gasteiger charge is -2.12. The van der Waals surface area contributed by atoms with Crippen LogP contribution in [0, 0.1) is 11.8 Å². The van der Waals surface area contributed by atoms with E-state index >= 15 is 0 Å². The topological polar surface area (TPSA) is 59.1 Å². The predicted molar refractivity (Wildman–Crippen MR) is 201 cm³/mol. The van der Waals surface area contributed by atoms with Crippen LogP contribution in [-0.2, 0) is 19.3 Å². The van der Waals surface area contributed by atoms with Crippen LogP contribution in [0.5, 0.6) is 0 Å². The molecule has 0 aromatic heterocycles. The van der Waals surface area contributed by atoms with E-state index in [0.717, 1.165) is 31.1 Å². The average Bonchev–Trinajstić information content (AvgIpc) is 3.84. The first-order chi connectivity index (χ1) is 22.9. The fourth-order valence-corrected chi connectivity index (χ4v) is 6.28. The van der Waals surface area contributed by atoms with Crippen molar-refractivity contribution in [1.29, 1.82) is 0 Å². The van der Waals surface area contributed by atoms with Crippen LogP contribution in [0.1, 0.15) is 200 Å². The van der Waals surface area contributed by atoms with E-state index in [9.17, 15) is 9.59 Å². The maximum atomic E-state index is 11.6. The lowest BCUT2D eigenvalue weighted by atomic mass is 10.0. The first kappa shape index (κ1) is 45.6. The third-order valence-corrected chi connectivity index (χ3v) is 9.87. The Balaban J connectivity index is 0.000000902. The lowest BCUT2D eigenvalue weighted by molar-refractivity contribution is -0.169. The first-order valence-corrected chi connectivity index (χ1v) is 20.2. The minimum atomic E-state index is 0.0742. The van der Waals surface area contributed by atoms with Crippen LogP contribution in [0.4, 0.5) is 0 Å². The van der Waals surface area contributed by atoms with Gasteiger partial charge in [-0.15, -0.1) is 0 Å². The van der Waals surface area contributed by atoms with Gasteiger partial charge in [0.25, 0.3) is 0 Å². The lowest BCUT2D eigenvalue weighted by Crippen LogP contribution is -2.24. The molecule has 1 fully saturated rings. The number of hydroxylamine groups is 4. The molecular weight excluding hydrogens is 584 g/mol. The van der Waals surface area contributed by atoms with Crippen molar-refractivity contribution in [3.8, 4) is 0 Å². The van der Waals surface area contributed by atoms with Gasteiger partial charge >= 0.3 is 0 Å². The zero-order valence-corrected chi connectivity index (χ0v) is 32.3. The van der Waals surface area contributed by atoms with Crippen molar-refractivity contribution < 1.29 is 19.3 Å². The molecule has 1 rings (SSSR count). The van der Waals surface area contributed by atoms with Gasteiger partial charge in [0.1, 0.15) is 0 Å².